The van der Waals surface area contributed by atoms with Crippen molar-refractivity contribution < 1.29 is 31.1 Å². The number of aromatic nitrogens is 4. The molecule has 3 aromatic heterocycles. The normalized spacial score (nSPS) is 16.9. The van der Waals surface area contributed by atoms with Crippen molar-refractivity contribution in [1.29, 1.82) is 0 Å². The molecule has 2 atom stereocenters. The van der Waals surface area contributed by atoms with Crippen LogP contribution in [-0.2, 0) is 23.7 Å². The Morgan fingerprint density at radius 2 is 1.70 bits per heavy atom. The van der Waals surface area contributed by atoms with Gasteiger partial charge in [-0.2, -0.15) is 13.9 Å². The minimum atomic E-state index is -3.53. The van der Waals surface area contributed by atoms with Gasteiger partial charge in [-0.25, -0.2) is 17.6 Å². The van der Waals surface area contributed by atoms with Crippen molar-refractivity contribution in [1.82, 2.24) is 25.1 Å². The number of allylic oxidation sites excluding steroid dienone is 2. The molecular formula is C32H21F6N5O. The van der Waals surface area contributed by atoms with Gasteiger partial charge in [0.1, 0.15) is 29.6 Å². The van der Waals surface area contributed by atoms with Crippen LogP contribution in [0, 0.1) is 11.6 Å². The highest BCUT2D eigenvalue weighted by Gasteiger charge is 2.60. The van der Waals surface area contributed by atoms with E-state index in [2.05, 4.69) is 20.4 Å². The Morgan fingerprint density at radius 3 is 2.48 bits per heavy atom. The van der Waals surface area contributed by atoms with Gasteiger partial charge in [0.25, 0.3) is 6.43 Å². The second-order valence-corrected chi connectivity index (χ2v) is 10.7. The van der Waals surface area contributed by atoms with E-state index in [4.69, 9.17) is 0 Å². The van der Waals surface area contributed by atoms with Gasteiger partial charge < -0.3 is 5.32 Å². The van der Waals surface area contributed by atoms with Gasteiger partial charge in [-0.3, -0.25) is 19.4 Å². The summed E-state index contributed by atoms with van der Waals surface area (Å²) in [4.78, 5) is 22.2. The Labute approximate surface area is 246 Å². The summed E-state index contributed by atoms with van der Waals surface area (Å²) in [6.07, 6.45) is 1.13. The Kier molecular flexibility index (Phi) is 6.52. The molecule has 0 bridgehead atoms. The summed E-state index contributed by atoms with van der Waals surface area (Å²) in [7, 11) is 0. The maximum atomic E-state index is 15.0. The SMILES string of the molecule is O=C(Cn1nc(C(F)F)c2c1C(F)(F)C1=CC12)NC(Cc1cc(F)cc(F)c1)c1ncccc1-c1ccc2ncccc2c1. The monoisotopic (exact) mass is 605 g/mol. The minimum Gasteiger partial charge on any atom is -0.346 e. The quantitative estimate of drug-likeness (QED) is 0.154. The number of carbonyl (C=O) groups is 1. The van der Waals surface area contributed by atoms with E-state index in [0.29, 0.717) is 22.0 Å². The fourth-order valence-electron chi connectivity index (χ4n) is 5.95. The van der Waals surface area contributed by atoms with E-state index in [9.17, 15) is 22.4 Å². The standard InChI is InChI=1S/C32H21F6N5O/c33-19-9-16(10-20(34)13-19)11-25(28-21(4-2-8-40-28)17-5-6-24-18(12-17)3-1-7-39-24)41-26(44)15-43-30-27(29(42-43)31(35)36)22-14-23(22)32(30,37)38/h1-10,12-14,22,25,31H,11,15H2,(H,41,44). The molecule has 222 valence electrons. The molecule has 1 amide bonds. The fourth-order valence-corrected chi connectivity index (χ4v) is 5.95. The first-order chi connectivity index (χ1) is 21.1. The van der Waals surface area contributed by atoms with Crippen LogP contribution >= 0.6 is 0 Å². The van der Waals surface area contributed by atoms with Gasteiger partial charge in [0, 0.05) is 46.5 Å². The van der Waals surface area contributed by atoms with Gasteiger partial charge in [0.2, 0.25) is 5.91 Å². The van der Waals surface area contributed by atoms with Crippen LogP contribution in [0.1, 0.15) is 46.6 Å². The molecule has 6 nitrogen and oxygen atoms in total. The number of rotatable bonds is 8. The molecule has 2 unspecified atom stereocenters. The fraction of sp³-hybridized carbons (Fsp3) is 0.188. The number of hydrogen-bond donors (Lipinski definition) is 1. The molecule has 44 heavy (non-hydrogen) atoms. The number of fused-ring (bicyclic) bond motifs is 4. The third-order valence-electron chi connectivity index (χ3n) is 7.84. The van der Waals surface area contributed by atoms with Gasteiger partial charge in [-0.15, -0.1) is 0 Å². The summed E-state index contributed by atoms with van der Waals surface area (Å²) in [5.74, 6) is -6.92. The maximum Gasteiger partial charge on any atom is 0.311 e. The molecule has 0 fully saturated rings. The molecule has 7 rings (SSSR count). The van der Waals surface area contributed by atoms with E-state index in [1.165, 1.54) is 12.3 Å². The molecule has 3 heterocycles. The lowest BCUT2D eigenvalue weighted by molar-refractivity contribution is -0.122. The molecule has 2 aliphatic rings. The van der Waals surface area contributed by atoms with Crippen molar-refractivity contribution in [3.63, 3.8) is 0 Å². The van der Waals surface area contributed by atoms with E-state index >= 15 is 8.78 Å². The summed E-state index contributed by atoms with van der Waals surface area (Å²) >= 11 is 0. The van der Waals surface area contributed by atoms with Gasteiger partial charge >= 0.3 is 5.92 Å². The molecule has 0 aliphatic heterocycles. The summed E-state index contributed by atoms with van der Waals surface area (Å²) < 4.78 is 86.4. The average Bonchev–Trinajstić information content (AvgIpc) is 3.64. The smallest absolute Gasteiger partial charge is 0.311 e. The molecule has 0 saturated carbocycles. The Hall–Kier alpha value is -5.00. The van der Waals surface area contributed by atoms with Crippen LogP contribution in [0.4, 0.5) is 26.3 Å². The van der Waals surface area contributed by atoms with E-state index in [1.54, 1.807) is 24.4 Å². The number of alkyl halides is 4. The molecule has 2 aromatic carbocycles. The number of nitrogens with zero attached hydrogens (tertiary/aromatic N) is 4. The molecule has 2 aliphatic carbocycles. The van der Waals surface area contributed by atoms with Gasteiger partial charge in [0.15, 0.2) is 0 Å². The molecule has 0 spiro atoms. The summed E-state index contributed by atoms with van der Waals surface area (Å²) in [6, 6.07) is 14.6. The molecule has 12 heteroatoms. The van der Waals surface area contributed by atoms with Crippen LogP contribution in [-0.4, -0.2) is 25.7 Å². The minimum absolute atomic E-state index is 0.121. The summed E-state index contributed by atoms with van der Waals surface area (Å²) in [6.45, 7) is -0.789. The second-order valence-electron chi connectivity index (χ2n) is 10.7. The first-order valence-electron chi connectivity index (χ1n) is 13.6. The highest BCUT2D eigenvalue weighted by molar-refractivity contribution is 5.85. The summed E-state index contributed by atoms with van der Waals surface area (Å²) in [5, 5.41) is 7.26. The van der Waals surface area contributed by atoms with Crippen molar-refractivity contribution in [2.75, 3.05) is 0 Å². The van der Waals surface area contributed by atoms with E-state index < -0.39 is 59.8 Å². The lowest BCUT2D eigenvalue weighted by atomic mass is 9.94. The molecule has 0 saturated heterocycles. The topological polar surface area (TPSA) is 72.7 Å². The number of benzene rings is 2. The number of hydrogen-bond acceptors (Lipinski definition) is 4. The van der Waals surface area contributed by atoms with Gasteiger partial charge in [-0.05, 0) is 53.9 Å². The van der Waals surface area contributed by atoms with Crippen molar-refractivity contribution >= 4 is 16.8 Å². The molecule has 1 N–H and O–H groups in total. The number of carbonyl (C=O) groups excluding carboxylic acids is 1. The number of halogens is 6. The lowest BCUT2D eigenvalue weighted by Crippen LogP contribution is -2.35. The van der Waals surface area contributed by atoms with E-state index in [1.807, 2.05) is 24.3 Å². The van der Waals surface area contributed by atoms with Crippen molar-refractivity contribution in [3.05, 3.63) is 125 Å². The van der Waals surface area contributed by atoms with Gasteiger partial charge in [-0.1, -0.05) is 24.3 Å². The third kappa shape index (κ3) is 4.80. The maximum absolute atomic E-state index is 15.0. The van der Waals surface area contributed by atoms with Crippen LogP contribution in [0.3, 0.4) is 0 Å². The van der Waals surface area contributed by atoms with Crippen molar-refractivity contribution in [2.45, 2.75) is 37.3 Å². The molecular weight excluding hydrogens is 584 g/mol. The Morgan fingerprint density at radius 1 is 0.955 bits per heavy atom. The first-order valence-corrected chi connectivity index (χ1v) is 13.6. The van der Waals surface area contributed by atoms with Crippen LogP contribution in [0.5, 0.6) is 0 Å². The molecule has 0 radical (unpaired) electrons. The molecule has 5 aromatic rings. The predicted molar refractivity (Wildman–Crippen MR) is 148 cm³/mol. The van der Waals surface area contributed by atoms with Gasteiger partial charge in [0.05, 0.1) is 17.3 Å². The van der Waals surface area contributed by atoms with Crippen molar-refractivity contribution in [2.24, 2.45) is 0 Å². The first kappa shape index (κ1) is 27.8. The largest absolute Gasteiger partial charge is 0.346 e. The predicted octanol–water partition coefficient (Wildman–Crippen LogP) is 6.94. The zero-order valence-electron chi connectivity index (χ0n) is 22.6. The highest BCUT2D eigenvalue weighted by atomic mass is 19.3. The third-order valence-corrected chi connectivity index (χ3v) is 7.84. The van der Waals surface area contributed by atoms with Crippen LogP contribution < -0.4 is 5.32 Å². The number of nitrogens with one attached hydrogen (secondary N) is 1. The highest BCUT2D eigenvalue weighted by Crippen LogP contribution is 2.63. The van der Waals surface area contributed by atoms with E-state index in [0.717, 1.165) is 28.6 Å². The zero-order valence-corrected chi connectivity index (χ0v) is 22.6. The van der Waals surface area contributed by atoms with Crippen LogP contribution in [0.25, 0.3) is 22.0 Å². The lowest BCUT2D eigenvalue weighted by Gasteiger charge is -2.22. The number of pyridine rings is 2. The van der Waals surface area contributed by atoms with Crippen LogP contribution in [0.2, 0.25) is 0 Å². The van der Waals surface area contributed by atoms with Crippen molar-refractivity contribution in [3.8, 4) is 11.1 Å². The zero-order chi connectivity index (χ0) is 30.7. The van der Waals surface area contributed by atoms with Crippen LogP contribution in [0.15, 0.2) is 84.7 Å². The Balaban J connectivity index is 1.25. The average molecular weight is 606 g/mol. The number of amides is 1. The second kappa shape index (κ2) is 10.3. The van der Waals surface area contributed by atoms with E-state index in [-0.39, 0.29) is 23.1 Å². The Bertz CT molecular complexity index is 1970. The summed E-state index contributed by atoms with van der Waals surface area (Å²) in [5.41, 5.74) is 0.546.